The van der Waals surface area contributed by atoms with Crippen LogP contribution in [0.15, 0.2) is 55.1 Å². The molecule has 1 heterocycles. The van der Waals surface area contributed by atoms with E-state index in [2.05, 4.69) is 10.3 Å². The second kappa shape index (κ2) is 6.44. The van der Waals surface area contributed by atoms with Gasteiger partial charge in [0.25, 0.3) is 11.6 Å². The molecule has 0 spiro atoms. The van der Waals surface area contributed by atoms with E-state index in [1.54, 1.807) is 18.3 Å². The summed E-state index contributed by atoms with van der Waals surface area (Å²) in [5.41, 5.74) is 1.26. The monoisotopic (exact) mass is 338 g/mol. The van der Waals surface area contributed by atoms with Gasteiger partial charge in [0.1, 0.15) is 11.4 Å². The van der Waals surface area contributed by atoms with Crippen LogP contribution >= 0.6 is 0 Å². The van der Waals surface area contributed by atoms with E-state index < -0.39 is 10.8 Å². The topological polar surface area (TPSA) is 110 Å². The summed E-state index contributed by atoms with van der Waals surface area (Å²) < 4.78 is 1.49. The zero-order valence-corrected chi connectivity index (χ0v) is 13.2. The number of imidazole rings is 1. The van der Waals surface area contributed by atoms with Crippen LogP contribution in [0, 0.1) is 17.0 Å². The first kappa shape index (κ1) is 16.2. The van der Waals surface area contributed by atoms with E-state index in [1.165, 1.54) is 41.4 Å². The first-order chi connectivity index (χ1) is 12.0. The summed E-state index contributed by atoms with van der Waals surface area (Å²) in [6.07, 6.45) is 4.52. The number of amides is 1. The highest BCUT2D eigenvalue weighted by Gasteiger charge is 2.19. The van der Waals surface area contributed by atoms with E-state index in [1.807, 2.05) is 6.92 Å². The van der Waals surface area contributed by atoms with E-state index in [4.69, 9.17) is 0 Å². The van der Waals surface area contributed by atoms with Gasteiger partial charge in [0.05, 0.1) is 16.9 Å². The summed E-state index contributed by atoms with van der Waals surface area (Å²) in [5.74, 6) is -0.627. The number of rotatable bonds is 4. The van der Waals surface area contributed by atoms with Crippen LogP contribution in [-0.4, -0.2) is 25.5 Å². The maximum absolute atomic E-state index is 12.4. The predicted octanol–water partition coefficient (Wildman–Crippen LogP) is 3.05. The average Bonchev–Trinajstić information content (AvgIpc) is 3.11. The Morgan fingerprint density at radius 3 is 2.72 bits per heavy atom. The van der Waals surface area contributed by atoms with Crippen molar-refractivity contribution < 1.29 is 14.8 Å². The Balaban J connectivity index is 1.93. The maximum Gasteiger partial charge on any atom is 0.294 e. The summed E-state index contributed by atoms with van der Waals surface area (Å²) >= 11 is 0. The normalized spacial score (nSPS) is 10.4. The molecule has 0 bridgehead atoms. The molecule has 3 aromatic rings. The van der Waals surface area contributed by atoms with Crippen molar-refractivity contribution in [2.45, 2.75) is 6.92 Å². The van der Waals surface area contributed by atoms with Crippen molar-refractivity contribution in [3.8, 4) is 11.4 Å². The molecule has 0 aliphatic carbocycles. The van der Waals surface area contributed by atoms with Gasteiger partial charge in [-0.2, -0.15) is 0 Å². The lowest BCUT2D eigenvalue weighted by molar-refractivity contribution is -0.384. The number of hydrogen-bond acceptors (Lipinski definition) is 5. The SMILES string of the molecule is Cc1ccc(NC(=O)c2ccc(-n3ccnc3)c([N+](=O)[O-])c2)c(O)c1. The lowest BCUT2D eigenvalue weighted by Crippen LogP contribution is -2.13. The van der Waals surface area contributed by atoms with Crippen LogP contribution in [0.25, 0.3) is 5.69 Å². The molecule has 0 saturated heterocycles. The molecule has 1 amide bonds. The van der Waals surface area contributed by atoms with Crippen LogP contribution in [0.3, 0.4) is 0 Å². The molecule has 8 heteroatoms. The lowest BCUT2D eigenvalue weighted by atomic mass is 10.1. The van der Waals surface area contributed by atoms with Gasteiger partial charge in [-0.3, -0.25) is 14.9 Å². The number of benzene rings is 2. The van der Waals surface area contributed by atoms with Crippen molar-refractivity contribution in [2.75, 3.05) is 5.32 Å². The Kier molecular flexibility index (Phi) is 4.17. The Morgan fingerprint density at radius 2 is 2.08 bits per heavy atom. The van der Waals surface area contributed by atoms with Gasteiger partial charge in [0.15, 0.2) is 0 Å². The number of aryl methyl sites for hydroxylation is 1. The molecule has 0 saturated carbocycles. The summed E-state index contributed by atoms with van der Waals surface area (Å²) in [7, 11) is 0. The second-order valence-electron chi connectivity index (χ2n) is 5.41. The standard InChI is InChI=1S/C17H14N4O4/c1-11-2-4-13(16(22)8-11)19-17(23)12-3-5-14(15(9-12)21(24)25)20-7-6-18-10-20/h2-10,22H,1H3,(H,19,23). The summed E-state index contributed by atoms with van der Waals surface area (Å²) in [6.45, 7) is 1.81. The fourth-order valence-corrected chi connectivity index (χ4v) is 2.37. The Labute approximate surface area is 142 Å². The number of phenolic OH excluding ortho intramolecular Hbond substituents is 1. The number of carbonyl (C=O) groups excluding carboxylic acids is 1. The third-order valence-electron chi connectivity index (χ3n) is 3.62. The minimum atomic E-state index is -0.560. The Morgan fingerprint density at radius 1 is 1.28 bits per heavy atom. The van der Waals surface area contributed by atoms with Gasteiger partial charge in [0, 0.05) is 24.0 Å². The van der Waals surface area contributed by atoms with E-state index in [0.717, 1.165) is 5.56 Å². The molecule has 2 aromatic carbocycles. The Hall–Kier alpha value is -3.68. The van der Waals surface area contributed by atoms with Crippen molar-refractivity contribution in [3.05, 3.63) is 76.4 Å². The molecule has 25 heavy (non-hydrogen) atoms. The zero-order chi connectivity index (χ0) is 18.0. The molecular formula is C17H14N4O4. The fraction of sp³-hybridized carbons (Fsp3) is 0.0588. The van der Waals surface area contributed by atoms with Gasteiger partial charge in [0.2, 0.25) is 0 Å². The van der Waals surface area contributed by atoms with Crippen molar-refractivity contribution >= 4 is 17.3 Å². The molecule has 8 nitrogen and oxygen atoms in total. The second-order valence-corrected chi connectivity index (χ2v) is 5.41. The zero-order valence-electron chi connectivity index (χ0n) is 13.2. The number of anilines is 1. The smallest absolute Gasteiger partial charge is 0.294 e. The van der Waals surface area contributed by atoms with Crippen molar-refractivity contribution in [1.82, 2.24) is 9.55 Å². The first-order valence-electron chi connectivity index (χ1n) is 7.33. The molecule has 0 fully saturated rings. The maximum atomic E-state index is 12.4. The number of nitro groups is 1. The molecule has 0 radical (unpaired) electrons. The molecule has 0 aliphatic heterocycles. The van der Waals surface area contributed by atoms with Crippen molar-refractivity contribution in [1.29, 1.82) is 0 Å². The van der Waals surface area contributed by atoms with Crippen LogP contribution < -0.4 is 5.32 Å². The summed E-state index contributed by atoms with van der Waals surface area (Å²) in [4.78, 5) is 27.0. The van der Waals surface area contributed by atoms with Gasteiger partial charge in [-0.1, -0.05) is 6.07 Å². The lowest BCUT2D eigenvalue weighted by Gasteiger charge is -2.09. The number of aromatic hydroxyl groups is 1. The van der Waals surface area contributed by atoms with Gasteiger partial charge in [-0.05, 0) is 36.8 Å². The number of aromatic nitrogens is 2. The molecule has 2 N–H and O–H groups in total. The average molecular weight is 338 g/mol. The summed E-state index contributed by atoms with van der Waals surface area (Å²) in [5, 5.41) is 23.8. The van der Waals surface area contributed by atoms with Gasteiger partial charge < -0.3 is 15.0 Å². The third-order valence-corrected chi connectivity index (χ3v) is 3.62. The molecule has 3 rings (SSSR count). The number of phenols is 1. The Bertz CT molecular complexity index is 951. The third kappa shape index (κ3) is 3.32. The number of nitrogens with zero attached hydrogens (tertiary/aromatic N) is 3. The highest BCUT2D eigenvalue weighted by atomic mass is 16.6. The van der Waals surface area contributed by atoms with Gasteiger partial charge in [-0.25, -0.2) is 4.98 Å². The van der Waals surface area contributed by atoms with Crippen LogP contribution in [0.2, 0.25) is 0 Å². The predicted molar refractivity (Wildman–Crippen MR) is 91.0 cm³/mol. The largest absolute Gasteiger partial charge is 0.506 e. The minimum Gasteiger partial charge on any atom is -0.506 e. The molecule has 0 atom stereocenters. The van der Waals surface area contributed by atoms with E-state index in [9.17, 15) is 20.0 Å². The highest BCUT2D eigenvalue weighted by Crippen LogP contribution is 2.27. The molecule has 1 aromatic heterocycles. The van der Waals surface area contributed by atoms with Crippen LogP contribution in [0.1, 0.15) is 15.9 Å². The number of nitro benzene ring substituents is 1. The summed E-state index contributed by atoms with van der Waals surface area (Å²) in [6, 6.07) is 8.96. The van der Waals surface area contributed by atoms with Crippen LogP contribution in [0.4, 0.5) is 11.4 Å². The highest BCUT2D eigenvalue weighted by molar-refractivity contribution is 6.05. The first-order valence-corrected chi connectivity index (χ1v) is 7.33. The van der Waals surface area contributed by atoms with Crippen molar-refractivity contribution in [2.24, 2.45) is 0 Å². The number of hydrogen-bond donors (Lipinski definition) is 2. The van der Waals surface area contributed by atoms with Crippen LogP contribution in [-0.2, 0) is 0 Å². The fourth-order valence-electron chi connectivity index (χ4n) is 2.37. The van der Waals surface area contributed by atoms with E-state index in [0.29, 0.717) is 5.69 Å². The van der Waals surface area contributed by atoms with E-state index >= 15 is 0 Å². The number of nitrogens with one attached hydrogen (secondary N) is 1. The minimum absolute atomic E-state index is 0.0714. The molecule has 0 aliphatic rings. The molecular weight excluding hydrogens is 324 g/mol. The van der Waals surface area contributed by atoms with Crippen molar-refractivity contribution in [3.63, 3.8) is 0 Å². The van der Waals surface area contributed by atoms with E-state index in [-0.39, 0.29) is 22.7 Å². The van der Waals surface area contributed by atoms with Gasteiger partial charge >= 0.3 is 0 Å². The number of carbonyl (C=O) groups is 1. The van der Waals surface area contributed by atoms with Crippen LogP contribution in [0.5, 0.6) is 5.75 Å². The molecule has 126 valence electrons. The quantitative estimate of drug-likeness (QED) is 0.431. The molecule has 0 unspecified atom stereocenters. The van der Waals surface area contributed by atoms with Gasteiger partial charge in [-0.15, -0.1) is 0 Å².